The molecule has 0 aromatic heterocycles. The molecule has 1 heterocycles. The third-order valence-electron chi connectivity index (χ3n) is 4.77. The van der Waals surface area contributed by atoms with Crippen molar-refractivity contribution in [3.05, 3.63) is 53.1 Å². The van der Waals surface area contributed by atoms with Crippen LogP contribution in [0.25, 0.3) is 0 Å². The molecule has 30 heavy (non-hydrogen) atoms. The minimum absolute atomic E-state index is 0.224. The SMILES string of the molecule is CCOc1cc([C@@H](CSC)N2C(=O)c3cccc(NC(C)=O)c3C2=O)ccc1OC. The molecule has 1 aliphatic heterocycles. The quantitative estimate of drug-likeness (QED) is 0.645. The Hall–Kier alpha value is -3.00. The molecule has 0 unspecified atom stereocenters. The number of thioether (sulfide) groups is 1. The van der Waals surface area contributed by atoms with Crippen LogP contribution >= 0.6 is 11.8 Å². The maximum atomic E-state index is 13.3. The van der Waals surface area contributed by atoms with Gasteiger partial charge in [-0.15, -0.1) is 0 Å². The number of rotatable bonds is 8. The van der Waals surface area contributed by atoms with E-state index < -0.39 is 11.9 Å². The highest BCUT2D eigenvalue weighted by Crippen LogP contribution is 2.38. The lowest BCUT2D eigenvalue weighted by Crippen LogP contribution is -2.35. The zero-order valence-electron chi connectivity index (χ0n) is 17.4. The third-order valence-corrected chi connectivity index (χ3v) is 5.41. The minimum Gasteiger partial charge on any atom is -0.493 e. The van der Waals surface area contributed by atoms with Crippen LogP contribution in [0.2, 0.25) is 0 Å². The maximum absolute atomic E-state index is 13.3. The van der Waals surface area contributed by atoms with Gasteiger partial charge in [-0.05, 0) is 43.0 Å². The first kappa shape index (κ1) is 21.7. The first-order valence-electron chi connectivity index (χ1n) is 9.51. The summed E-state index contributed by atoms with van der Waals surface area (Å²) in [7, 11) is 1.56. The van der Waals surface area contributed by atoms with Gasteiger partial charge in [0.2, 0.25) is 5.91 Å². The first-order valence-corrected chi connectivity index (χ1v) is 10.9. The summed E-state index contributed by atoms with van der Waals surface area (Å²) in [6.45, 7) is 3.70. The summed E-state index contributed by atoms with van der Waals surface area (Å²) < 4.78 is 11.0. The van der Waals surface area contributed by atoms with Crippen LogP contribution in [0.4, 0.5) is 5.69 Å². The average Bonchev–Trinajstić information content (AvgIpc) is 2.97. The van der Waals surface area contributed by atoms with Crippen molar-refractivity contribution in [3.8, 4) is 11.5 Å². The Bertz CT molecular complexity index is 991. The number of methoxy groups -OCH3 is 1. The number of carbonyl (C=O) groups excluding carboxylic acids is 3. The first-order chi connectivity index (χ1) is 14.4. The number of fused-ring (bicyclic) bond motifs is 1. The van der Waals surface area contributed by atoms with Crippen LogP contribution in [0.5, 0.6) is 11.5 Å². The molecule has 0 aliphatic carbocycles. The monoisotopic (exact) mass is 428 g/mol. The number of carbonyl (C=O) groups is 3. The lowest BCUT2D eigenvalue weighted by molar-refractivity contribution is -0.114. The fourth-order valence-corrected chi connectivity index (χ4v) is 4.18. The van der Waals surface area contributed by atoms with Crippen LogP contribution in [0.3, 0.4) is 0 Å². The van der Waals surface area contributed by atoms with Gasteiger partial charge in [0.1, 0.15) is 0 Å². The van der Waals surface area contributed by atoms with Crippen LogP contribution in [-0.4, -0.2) is 48.3 Å². The zero-order valence-corrected chi connectivity index (χ0v) is 18.2. The number of nitrogens with zero attached hydrogens (tertiary/aromatic N) is 1. The predicted molar refractivity (Wildman–Crippen MR) is 117 cm³/mol. The van der Waals surface area contributed by atoms with Crippen molar-refractivity contribution in [2.75, 3.05) is 31.0 Å². The summed E-state index contributed by atoms with van der Waals surface area (Å²) in [6, 6.07) is 9.80. The van der Waals surface area contributed by atoms with Gasteiger partial charge in [-0.2, -0.15) is 11.8 Å². The number of hydrogen-bond donors (Lipinski definition) is 1. The van der Waals surface area contributed by atoms with E-state index >= 15 is 0 Å². The molecule has 158 valence electrons. The highest BCUT2D eigenvalue weighted by Gasteiger charge is 2.42. The molecule has 0 saturated carbocycles. The normalized spacial score (nSPS) is 13.8. The molecule has 2 aromatic rings. The van der Waals surface area contributed by atoms with Gasteiger partial charge >= 0.3 is 0 Å². The van der Waals surface area contributed by atoms with Crippen LogP contribution in [0.1, 0.15) is 46.2 Å². The lowest BCUT2D eigenvalue weighted by atomic mass is 10.1. The van der Waals surface area contributed by atoms with E-state index in [1.165, 1.54) is 23.6 Å². The topological polar surface area (TPSA) is 84.9 Å². The molecule has 0 spiro atoms. The third kappa shape index (κ3) is 4.00. The predicted octanol–water partition coefficient (Wildman–Crippen LogP) is 3.75. The molecular formula is C22H24N2O5S. The van der Waals surface area contributed by atoms with E-state index in [2.05, 4.69) is 5.32 Å². The van der Waals surface area contributed by atoms with Crippen molar-refractivity contribution in [1.82, 2.24) is 4.90 Å². The van der Waals surface area contributed by atoms with E-state index in [0.29, 0.717) is 29.5 Å². The number of ether oxygens (including phenoxy) is 2. The molecule has 1 atom stereocenters. The smallest absolute Gasteiger partial charge is 0.264 e. The number of benzene rings is 2. The number of hydrogen-bond acceptors (Lipinski definition) is 6. The summed E-state index contributed by atoms with van der Waals surface area (Å²) in [5.74, 6) is 0.540. The summed E-state index contributed by atoms with van der Waals surface area (Å²) in [5, 5.41) is 2.65. The van der Waals surface area contributed by atoms with E-state index in [9.17, 15) is 14.4 Å². The molecule has 0 saturated heterocycles. The Labute approximate surface area is 179 Å². The molecule has 1 N–H and O–H groups in total. The van der Waals surface area contributed by atoms with E-state index in [0.717, 1.165) is 5.56 Å². The van der Waals surface area contributed by atoms with Crippen molar-refractivity contribution in [2.24, 2.45) is 0 Å². The van der Waals surface area contributed by atoms with Crippen molar-refractivity contribution >= 4 is 35.2 Å². The molecule has 2 aromatic carbocycles. The summed E-state index contributed by atoms with van der Waals surface area (Å²) >= 11 is 1.53. The Balaban J connectivity index is 2.05. The van der Waals surface area contributed by atoms with Gasteiger partial charge in [-0.25, -0.2) is 0 Å². The van der Waals surface area contributed by atoms with Crippen LogP contribution in [-0.2, 0) is 4.79 Å². The molecule has 3 amide bonds. The van der Waals surface area contributed by atoms with Gasteiger partial charge in [0.05, 0.1) is 36.6 Å². The Morgan fingerprint density at radius 1 is 1.17 bits per heavy atom. The minimum atomic E-state index is -0.498. The Morgan fingerprint density at radius 3 is 2.57 bits per heavy atom. The van der Waals surface area contributed by atoms with Crippen LogP contribution < -0.4 is 14.8 Å². The average molecular weight is 429 g/mol. The number of anilines is 1. The number of imide groups is 1. The highest BCUT2D eigenvalue weighted by molar-refractivity contribution is 7.98. The number of amides is 3. The largest absolute Gasteiger partial charge is 0.493 e. The van der Waals surface area contributed by atoms with Crippen molar-refractivity contribution in [2.45, 2.75) is 19.9 Å². The van der Waals surface area contributed by atoms with Gasteiger partial charge in [-0.1, -0.05) is 12.1 Å². The van der Waals surface area contributed by atoms with Gasteiger partial charge < -0.3 is 14.8 Å². The molecule has 0 fully saturated rings. The van der Waals surface area contributed by atoms with Crippen LogP contribution in [0.15, 0.2) is 36.4 Å². The van der Waals surface area contributed by atoms with Gasteiger partial charge in [0.15, 0.2) is 11.5 Å². The molecule has 0 bridgehead atoms. The van der Waals surface area contributed by atoms with Crippen molar-refractivity contribution < 1.29 is 23.9 Å². The molecular weight excluding hydrogens is 404 g/mol. The van der Waals surface area contributed by atoms with Gasteiger partial charge in [0.25, 0.3) is 11.8 Å². The summed E-state index contributed by atoms with van der Waals surface area (Å²) in [6.07, 6.45) is 1.92. The fraction of sp³-hybridized carbons (Fsp3) is 0.318. The Morgan fingerprint density at radius 2 is 1.93 bits per heavy atom. The standard InChI is InChI=1S/C22H24N2O5S/c1-5-29-19-11-14(9-10-18(19)28-3)17(12-30-4)24-21(26)15-7-6-8-16(23-13(2)25)20(15)22(24)27/h6-11,17H,5,12H2,1-4H3,(H,23,25)/t17-/m1/s1. The van der Waals surface area contributed by atoms with E-state index in [4.69, 9.17) is 9.47 Å². The van der Waals surface area contributed by atoms with E-state index in [-0.39, 0.29) is 22.9 Å². The molecule has 0 radical (unpaired) electrons. The van der Waals surface area contributed by atoms with Crippen LogP contribution in [0, 0.1) is 0 Å². The summed E-state index contributed by atoms with van der Waals surface area (Å²) in [5.41, 5.74) is 1.62. The van der Waals surface area contributed by atoms with Crippen molar-refractivity contribution in [3.63, 3.8) is 0 Å². The highest BCUT2D eigenvalue weighted by atomic mass is 32.2. The second kappa shape index (κ2) is 9.21. The molecule has 1 aliphatic rings. The lowest BCUT2D eigenvalue weighted by Gasteiger charge is -2.27. The molecule has 8 heteroatoms. The number of nitrogens with one attached hydrogen (secondary N) is 1. The molecule has 7 nitrogen and oxygen atoms in total. The molecule has 3 rings (SSSR count). The van der Waals surface area contributed by atoms with Gasteiger partial charge in [-0.3, -0.25) is 19.3 Å². The summed E-state index contributed by atoms with van der Waals surface area (Å²) in [4.78, 5) is 39.3. The maximum Gasteiger partial charge on any atom is 0.264 e. The van der Waals surface area contributed by atoms with E-state index in [1.807, 2.05) is 25.3 Å². The van der Waals surface area contributed by atoms with Gasteiger partial charge in [0, 0.05) is 12.7 Å². The second-order valence-corrected chi connectivity index (χ2v) is 7.61. The zero-order chi connectivity index (χ0) is 21.8. The second-order valence-electron chi connectivity index (χ2n) is 6.70. The van der Waals surface area contributed by atoms with E-state index in [1.54, 1.807) is 31.4 Å². The fourth-order valence-electron chi connectivity index (χ4n) is 3.53. The van der Waals surface area contributed by atoms with Crippen molar-refractivity contribution in [1.29, 1.82) is 0 Å². The Kier molecular flexibility index (Phi) is 6.66.